The van der Waals surface area contributed by atoms with E-state index in [0.29, 0.717) is 6.42 Å². The maximum atomic E-state index is 12.1. The van der Waals surface area contributed by atoms with Crippen LogP contribution in [-0.4, -0.2) is 45.2 Å². The first-order valence-electron chi connectivity index (χ1n) is 7.15. The highest BCUT2D eigenvalue weighted by molar-refractivity contribution is 7.91. The summed E-state index contributed by atoms with van der Waals surface area (Å²) in [6.45, 7) is 1.56. The summed E-state index contributed by atoms with van der Waals surface area (Å²) in [5.74, 6) is -0.329. The Kier molecular flexibility index (Phi) is 5.86. The van der Waals surface area contributed by atoms with Crippen LogP contribution in [0.25, 0.3) is 0 Å². The van der Waals surface area contributed by atoms with Crippen LogP contribution >= 0.6 is 11.3 Å². The van der Waals surface area contributed by atoms with Gasteiger partial charge in [-0.05, 0) is 24.1 Å². The van der Waals surface area contributed by atoms with E-state index in [2.05, 4.69) is 20.2 Å². The molecular formula is C14H19N5O3S2. The molecule has 0 unspecified atom stereocenters. The van der Waals surface area contributed by atoms with Gasteiger partial charge < -0.3 is 10.2 Å². The standard InChI is InChI=1S/C14H19N5O3S2/c1-10(20)16-13-17-18-14(23-13)24(21,22)15-9-8-11-4-6-12(7-5-11)19(2)3/h4-7,15H,8-9H2,1-3H3,(H,16,17,20). The van der Waals surface area contributed by atoms with Crippen molar-refractivity contribution in [1.29, 1.82) is 0 Å². The summed E-state index contributed by atoms with van der Waals surface area (Å²) >= 11 is 0.809. The highest BCUT2D eigenvalue weighted by Gasteiger charge is 2.20. The van der Waals surface area contributed by atoms with Gasteiger partial charge in [0.1, 0.15) is 0 Å². The van der Waals surface area contributed by atoms with E-state index in [1.807, 2.05) is 43.3 Å². The minimum Gasteiger partial charge on any atom is -0.378 e. The third-order valence-corrected chi connectivity index (χ3v) is 5.74. The molecule has 2 aromatic rings. The summed E-state index contributed by atoms with van der Waals surface area (Å²) in [5, 5.41) is 9.78. The second kappa shape index (κ2) is 7.69. The number of aromatic nitrogens is 2. The topological polar surface area (TPSA) is 104 Å². The molecule has 130 valence electrons. The maximum Gasteiger partial charge on any atom is 0.269 e. The lowest BCUT2D eigenvalue weighted by atomic mass is 10.1. The summed E-state index contributed by atoms with van der Waals surface area (Å²) in [4.78, 5) is 12.9. The lowest BCUT2D eigenvalue weighted by molar-refractivity contribution is -0.114. The molecule has 1 heterocycles. The second-order valence-corrected chi connectivity index (χ2v) is 8.18. The van der Waals surface area contributed by atoms with Crippen LogP contribution in [0.1, 0.15) is 12.5 Å². The van der Waals surface area contributed by atoms with Crippen LogP contribution in [0.4, 0.5) is 10.8 Å². The first-order chi connectivity index (χ1) is 11.3. The van der Waals surface area contributed by atoms with Gasteiger partial charge in [0.05, 0.1) is 0 Å². The van der Waals surface area contributed by atoms with Crippen LogP contribution in [0.3, 0.4) is 0 Å². The normalized spacial score (nSPS) is 11.3. The number of amides is 1. The Morgan fingerprint density at radius 3 is 2.46 bits per heavy atom. The van der Waals surface area contributed by atoms with E-state index in [9.17, 15) is 13.2 Å². The van der Waals surface area contributed by atoms with E-state index < -0.39 is 10.0 Å². The zero-order valence-corrected chi connectivity index (χ0v) is 15.2. The van der Waals surface area contributed by atoms with Crippen LogP contribution < -0.4 is 14.9 Å². The van der Waals surface area contributed by atoms with Gasteiger partial charge in [-0.15, -0.1) is 10.2 Å². The largest absolute Gasteiger partial charge is 0.378 e. The van der Waals surface area contributed by atoms with E-state index >= 15 is 0 Å². The highest BCUT2D eigenvalue weighted by atomic mass is 32.2. The molecule has 0 bridgehead atoms. The first kappa shape index (κ1) is 18.3. The number of rotatable bonds is 7. The van der Waals surface area contributed by atoms with Crippen molar-refractivity contribution in [2.75, 3.05) is 30.9 Å². The van der Waals surface area contributed by atoms with E-state index in [0.717, 1.165) is 22.6 Å². The van der Waals surface area contributed by atoms with Crippen LogP contribution in [-0.2, 0) is 21.2 Å². The Hall–Kier alpha value is -2.04. The number of hydrogen-bond acceptors (Lipinski definition) is 7. The molecule has 1 aromatic carbocycles. The average Bonchev–Trinajstić information content (AvgIpc) is 2.96. The molecule has 0 atom stereocenters. The van der Waals surface area contributed by atoms with Crippen LogP contribution in [0.2, 0.25) is 0 Å². The fourth-order valence-corrected chi connectivity index (χ4v) is 3.89. The molecule has 0 radical (unpaired) electrons. The average molecular weight is 369 g/mol. The molecular weight excluding hydrogens is 350 g/mol. The Bertz CT molecular complexity index is 800. The van der Waals surface area contributed by atoms with Crippen LogP contribution in [0, 0.1) is 0 Å². The summed E-state index contributed by atoms with van der Waals surface area (Å²) < 4.78 is 26.6. The van der Waals surface area contributed by atoms with Gasteiger partial charge in [-0.2, -0.15) is 0 Å². The lowest BCUT2D eigenvalue weighted by Crippen LogP contribution is -2.26. The van der Waals surface area contributed by atoms with Gasteiger partial charge in [-0.1, -0.05) is 23.5 Å². The van der Waals surface area contributed by atoms with Crippen molar-refractivity contribution in [3.8, 4) is 0 Å². The van der Waals surface area contributed by atoms with Gasteiger partial charge in [0, 0.05) is 33.3 Å². The lowest BCUT2D eigenvalue weighted by Gasteiger charge is -2.12. The number of nitrogens with zero attached hydrogens (tertiary/aromatic N) is 3. The zero-order valence-electron chi connectivity index (χ0n) is 13.6. The van der Waals surface area contributed by atoms with Crippen molar-refractivity contribution in [1.82, 2.24) is 14.9 Å². The van der Waals surface area contributed by atoms with Gasteiger partial charge >= 0.3 is 0 Å². The number of anilines is 2. The molecule has 24 heavy (non-hydrogen) atoms. The monoisotopic (exact) mass is 369 g/mol. The third-order valence-electron chi connectivity index (χ3n) is 3.08. The smallest absolute Gasteiger partial charge is 0.269 e. The number of hydrogen-bond donors (Lipinski definition) is 2. The Morgan fingerprint density at radius 1 is 1.21 bits per heavy atom. The number of carbonyl (C=O) groups excluding carboxylic acids is 1. The predicted octanol–water partition coefficient (Wildman–Crippen LogP) is 1.08. The van der Waals surface area contributed by atoms with Crippen molar-refractivity contribution in [2.24, 2.45) is 0 Å². The molecule has 0 saturated heterocycles. The van der Waals surface area contributed by atoms with Crippen molar-refractivity contribution >= 4 is 38.1 Å². The second-order valence-electron chi connectivity index (χ2n) is 5.26. The molecule has 2 rings (SSSR count). The molecule has 0 aliphatic carbocycles. The molecule has 0 spiro atoms. The van der Waals surface area contributed by atoms with E-state index in [4.69, 9.17) is 0 Å². The van der Waals surface area contributed by atoms with Gasteiger partial charge in [0.25, 0.3) is 10.0 Å². The van der Waals surface area contributed by atoms with E-state index in [1.165, 1.54) is 6.92 Å². The molecule has 10 heteroatoms. The number of carbonyl (C=O) groups is 1. The number of benzene rings is 1. The SMILES string of the molecule is CC(=O)Nc1nnc(S(=O)(=O)NCCc2ccc(N(C)C)cc2)s1. The van der Waals surface area contributed by atoms with Crippen molar-refractivity contribution in [3.63, 3.8) is 0 Å². The summed E-state index contributed by atoms with van der Waals surface area (Å²) in [5.41, 5.74) is 2.11. The summed E-state index contributed by atoms with van der Waals surface area (Å²) in [7, 11) is 0.186. The minimum absolute atomic E-state index is 0.155. The van der Waals surface area contributed by atoms with Crippen LogP contribution in [0.5, 0.6) is 0 Å². The quantitative estimate of drug-likeness (QED) is 0.708. The number of nitrogens with one attached hydrogen (secondary N) is 2. The molecule has 0 saturated carbocycles. The van der Waals surface area contributed by atoms with Crippen molar-refractivity contribution < 1.29 is 13.2 Å². The molecule has 2 N–H and O–H groups in total. The molecule has 8 nitrogen and oxygen atoms in total. The highest BCUT2D eigenvalue weighted by Crippen LogP contribution is 2.19. The Balaban J connectivity index is 1.92. The van der Waals surface area contributed by atoms with E-state index in [1.54, 1.807) is 0 Å². The number of sulfonamides is 1. The minimum atomic E-state index is -3.73. The predicted molar refractivity (Wildman–Crippen MR) is 93.9 cm³/mol. The van der Waals surface area contributed by atoms with E-state index in [-0.39, 0.29) is 21.9 Å². The molecule has 1 amide bonds. The van der Waals surface area contributed by atoms with Crippen molar-refractivity contribution in [2.45, 2.75) is 17.7 Å². The first-order valence-corrected chi connectivity index (χ1v) is 9.45. The molecule has 0 fully saturated rings. The van der Waals surface area contributed by atoms with Gasteiger partial charge in [-0.25, -0.2) is 13.1 Å². The maximum absolute atomic E-state index is 12.1. The molecule has 0 aliphatic rings. The van der Waals surface area contributed by atoms with Gasteiger partial charge in [0.15, 0.2) is 0 Å². The van der Waals surface area contributed by atoms with Gasteiger partial charge in [-0.3, -0.25) is 4.79 Å². The van der Waals surface area contributed by atoms with Crippen molar-refractivity contribution in [3.05, 3.63) is 29.8 Å². The molecule has 0 aliphatic heterocycles. The van der Waals surface area contributed by atoms with Crippen LogP contribution in [0.15, 0.2) is 28.6 Å². The fourth-order valence-electron chi connectivity index (χ4n) is 1.87. The summed E-state index contributed by atoms with van der Waals surface area (Å²) in [6.07, 6.45) is 0.560. The van der Waals surface area contributed by atoms with Gasteiger partial charge in [0.2, 0.25) is 15.4 Å². The fraction of sp³-hybridized carbons (Fsp3) is 0.357. The summed E-state index contributed by atoms with van der Waals surface area (Å²) in [6, 6.07) is 7.88. The Labute approximate surface area is 145 Å². The Morgan fingerprint density at radius 2 is 1.88 bits per heavy atom. The molecule has 1 aromatic heterocycles. The zero-order chi connectivity index (χ0) is 17.7. The third kappa shape index (κ3) is 4.98.